The smallest absolute Gasteiger partial charge is 0.205 e. The Balaban J connectivity index is 2.07. The second-order valence-corrected chi connectivity index (χ2v) is 6.58. The van der Waals surface area contributed by atoms with Crippen molar-refractivity contribution < 1.29 is 4.74 Å². The van der Waals surface area contributed by atoms with Gasteiger partial charge in [0.2, 0.25) is 5.88 Å². The van der Waals surface area contributed by atoms with Crippen LogP contribution in [-0.4, -0.2) is 0 Å². The van der Waals surface area contributed by atoms with Crippen LogP contribution in [0.4, 0.5) is 0 Å². The van der Waals surface area contributed by atoms with Crippen LogP contribution in [-0.2, 0) is 0 Å². The van der Waals surface area contributed by atoms with E-state index in [1.165, 1.54) is 0 Å². The maximum absolute atomic E-state index is 9.66. The van der Waals surface area contributed by atoms with E-state index >= 15 is 0 Å². The molecule has 0 spiro atoms. The molecule has 1 heterocycles. The average molecular weight is 367 g/mol. The fraction of sp³-hybridized carbons (Fsp3) is 0.0500. The number of fused-ring (bicyclic) bond motifs is 3. The van der Waals surface area contributed by atoms with Crippen molar-refractivity contribution in [1.82, 2.24) is 0 Å². The molecule has 0 fully saturated rings. The number of benzene rings is 3. The Hall–Kier alpha value is -2.67. The lowest BCUT2D eigenvalue weighted by Crippen LogP contribution is -2.21. The minimum atomic E-state index is -0.473. The molecule has 1 aliphatic heterocycles. The van der Waals surface area contributed by atoms with Crippen LogP contribution in [0.1, 0.15) is 17.0 Å². The van der Waals surface area contributed by atoms with E-state index in [9.17, 15) is 5.26 Å². The monoisotopic (exact) mass is 366 g/mol. The second kappa shape index (κ2) is 6.00. The molecule has 0 bridgehead atoms. The van der Waals surface area contributed by atoms with Gasteiger partial charge in [0, 0.05) is 26.6 Å². The normalized spacial score (nSPS) is 16.3. The van der Waals surface area contributed by atoms with Crippen LogP contribution >= 0.6 is 23.2 Å². The number of hydrogen-bond donors (Lipinski definition) is 1. The fourth-order valence-corrected chi connectivity index (χ4v) is 3.89. The van der Waals surface area contributed by atoms with Crippen molar-refractivity contribution in [1.29, 1.82) is 5.26 Å². The number of allylic oxidation sites excluding steroid dienone is 1. The standard InChI is InChI=1S/C20H12Cl2N2O/c21-15-6-3-7-16(22)18(15)17-13-9-8-11-4-1-2-5-12(11)19(13)25-20(24)14(17)10-23/h1-9,17H,24H2/t17-/m1/s1. The molecule has 0 unspecified atom stereocenters. The zero-order valence-electron chi connectivity index (χ0n) is 13.0. The third-order valence-electron chi connectivity index (χ3n) is 4.40. The number of ether oxygens (including phenoxy) is 1. The highest BCUT2D eigenvalue weighted by molar-refractivity contribution is 6.36. The molecule has 0 amide bonds. The van der Waals surface area contributed by atoms with Gasteiger partial charge in [-0.1, -0.05) is 65.7 Å². The predicted molar refractivity (Wildman–Crippen MR) is 99.7 cm³/mol. The first-order valence-corrected chi connectivity index (χ1v) is 8.40. The summed E-state index contributed by atoms with van der Waals surface area (Å²) in [5, 5.41) is 12.6. The average Bonchev–Trinajstić information content (AvgIpc) is 2.61. The van der Waals surface area contributed by atoms with Gasteiger partial charge in [0.25, 0.3) is 0 Å². The van der Waals surface area contributed by atoms with Crippen LogP contribution in [0.15, 0.2) is 66.1 Å². The molecule has 25 heavy (non-hydrogen) atoms. The van der Waals surface area contributed by atoms with Crippen molar-refractivity contribution in [2.75, 3.05) is 0 Å². The SMILES string of the molecule is N#CC1=C(N)Oc2c(ccc3ccccc23)[C@H]1c1c(Cl)cccc1Cl. The zero-order valence-corrected chi connectivity index (χ0v) is 14.5. The molecule has 122 valence electrons. The van der Waals surface area contributed by atoms with E-state index in [1.807, 2.05) is 36.4 Å². The first kappa shape index (κ1) is 15.8. The quantitative estimate of drug-likeness (QED) is 0.630. The summed E-state index contributed by atoms with van der Waals surface area (Å²) in [5.74, 6) is 0.238. The van der Waals surface area contributed by atoms with E-state index in [-0.39, 0.29) is 5.88 Å². The van der Waals surface area contributed by atoms with Crippen molar-refractivity contribution in [2.45, 2.75) is 5.92 Å². The van der Waals surface area contributed by atoms with E-state index in [0.717, 1.165) is 16.3 Å². The van der Waals surface area contributed by atoms with E-state index in [1.54, 1.807) is 18.2 Å². The van der Waals surface area contributed by atoms with Gasteiger partial charge in [-0.25, -0.2) is 0 Å². The fourth-order valence-electron chi connectivity index (χ4n) is 3.27. The van der Waals surface area contributed by atoms with Crippen molar-refractivity contribution in [3.05, 3.63) is 87.2 Å². The molecule has 3 aromatic rings. The number of rotatable bonds is 1. The Morgan fingerprint density at radius 2 is 1.68 bits per heavy atom. The van der Waals surface area contributed by atoms with Gasteiger partial charge in [0.1, 0.15) is 17.4 Å². The molecule has 0 saturated heterocycles. The van der Waals surface area contributed by atoms with Crippen LogP contribution in [0.25, 0.3) is 10.8 Å². The highest BCUT2D eigenvalue weighted by atomic mass is 35.5. The molecule has 0 radical (unpaired) electrons. The lowest BCUT2D eigenvalue weighted by molar-refractivity contribution is 0.398. The number of nitrogens with zero attached hydrogens (tertiary/aromatic N) is 1. The highest BCUT2D eigenvalue weighted by Gasteiger charge is 2.34. The molecular formula is C20H12Cl2N2O. The predicted octanol–water partition coefficient (Wildman–Crippen LogP) is 5.36. The van der Waals surface area contributed by atoms with Gasteiger partial charge >= 0.3 is 0 Å². The van der Waals surface area contributed by atoms with Crippen LogP contribution < -0.4 is 10.5 Å². The number of halogens is 2. The highest BCUT2D eigenvalue weighted by Crippen LogP contribution is 2.48. The molecule has 2 N–H and O–H groups in total. The van der Waals surface area contributed by atoms with E-state index < -0.39 is 5.92 Å². The molecular weight excluding hydrogens is 355 g/mol. The van der Waals surface area contributed by atoms with Gasteiger partial charge in [-0.15, -0.1) is 0 Å². The summed E-state index contributed by atoms with van der Waals surface area (Å²) in [6, 6.07) is 19.2. The Morgan fingerprint density at radius 1 is 0.960 bits per heavy atom. The topological polar surface area (TPSA) is 59.0 Å². The minimum absolute atomic E-state index is 0.0762. The third kappa shape index (κ3) is 2.42. The van der Waals surface area contributed by atoms with Crippen LogP contribution in [0.2, 0.25) is 10.0 Å². The van der Waals surface area contributed by atoms with Gasteiger partial charge in [0.15, 0.2) is 0 Å². The lowest BCUT2D eigenvalue weighted by Gasteiger charge is -2.28. The van der Waals surface area contributed by atoms with Crippen molar-refractivity contribution in [3.63, 3.8) is 0 Å². The molecule has 3 nitrogen and oxygen atoms in total. The van der Waals surface area contributed by atoms with Gasteiger partial charge < -0.3 is 10.5 Å². The zero-order chi connectivity index (χ0) is 17.6. The maximum atomic E-state index is 9.66. The number of hydrogen-bond acceptors (Lipinski definition) is 3. The molecule has 4 rings (SSSR count). The third-order valence-corrected chi connectivity index (χ3v) is 5.06. The summed E-state index contributed by atoms with van der Waals surface area (Å²) in [6.45, 7) is 0. The summed E-state index contributed by atoms with van der Waals surface area (Å²) >= 11 is 12.8. The lowest BCUT2D eigenvalue weighted by atomic mass is 9.82. The van der Waals surface area contributed by atoms with Crippen molar-refractivity contribution >= 4 is 34.0 Å². The number of nitriles is 1. The molecule has 1 atom stereocenters. The van der Waals surface area contributed by atoms with E-state index in [0.29, 0.717) is 26.9 Å². The van der Waals surface area contributed by atoms with Crippen LogP contribution in [0.5, 0.6) is 5.75 Å². The van der Waals surface area contributed by atoms with E-state index in [4.69, 9.17) is 33.7 Å². The first-order chi connectivity index (χ1) is 12.1. The van der Waals surface area contributed by atoms with Gasteiger partial charge in [-0.2, -0.15) is 5.26 Å². The first-order valence-electron chi connectivity index (χ1n) is 7.65. The van der Waals surface area contributed by atoms with Crippen molar-refractivity contribution in [2.24, 2.45) is 5.73 Å². The second-order valence-electron chi connectivity index (χ2n) is 5.77. The molecule has 0 saturated carbocycles. The summed E-state index contributed by atoms with van der Waals surface area (Å²) < 4.78 is 5.83. The summed E-state index contributed by atoms with van der Waals surface area (Å²) in [4.78, 5) is 0. The minimum Gasteiger partial charge on any atom is -0.440 e. The van der Waals surface area contributed by atoms with Gasteiger partial charge in [-0.3, -0.25) is 0 Å². The molecule has 5 heteroatoms. The van der Waals surface area contributed by atoms with Gasteiger partial charge in [-0.05, 0) is 17.5 Å². The summed E-state index contributed by atoms with van der Waals surface area (Å²) in [5.41, 5.74) is 7.85. The summed E-state index contributed by atoms with van der Waals surface area (Å²) in [7, 11) is 0. The van der Waals surface area contributed by atoms with Crippen LogP contribution in [0, 0.1) is 11.3 Å². The molecule has 0 aliphatic carbocycles. The Bertz CT molecular complexity index is 1060. The van der Waals surface area contributed by atoms with Crippen LogP contribution in [0.3, 0.4) is 0 Å². The maximum Gasteiger partial charge on any atom is 0.205 e. The molecule has 0 aromatic heterocycles. The molecule has 3 aromatic carbocycles. The Morgan fingerprint density at radius 3 is 2.40 bits per heavy atom. The molecule has 1 aliphatic rings. The Labute approximate surface area is 154 Å². The number of nitrogens with two attached hydrogens (primary N) is 1. The Kier molecular flexibility index (Phi) is 3.80. The largest absolute Gasteiger partial charge is 0.440 e. The summed E-state index contributed by atoms with van der Waals surface area (Å²) in [6.07, 6.45) is 0. The van der Waals surface area contributed by atoms with Gasteiger partial charge in [0.05, 0.1) is 5.92 Å². The van der Waals surface area contributed by atoms with E-state index in [2.05, 4.69) is 6.07 Å². The van der Waals surface area contributed by atoms with Crippen molar-refractivity contribution in [3.8, 4) is 11.8 Å².